The minimum absolute atomic E-state index is 0.0154. The van der Waals surface area contributed by atoms with E-state index < -0.39 is 24.6 Å². The molecule has 0 aromatic carbocycles. The molecule has 1 aliphatic carbocycles. The van der Waals surface area contributed by atoms with E-state index in [9.17, 15) is 14.4 Å². The maximum Gasteiger partial charge on any atom is 0.410 e. The largest absolute Gasteiger partial charge is 0.444 e. The van der Waals surface area contributed by atoms with Gasteiger partial charge in [0.1, 0.15) is 5.60 Å². The van der Waals surface area contributed by atoms with E-state index >= 15 is 0 Å². The molecule has 2 aliphatic heterocycles. The highest BCUT2D eigenvalue weighted by atomic mass is 16.6. The van der Waals surface area contributed by atoms with Gasteiger partial charge in [-0.3, -0.25) is 19.9 Å². The predicted molar refractivity (Wildman–Crippen MR) is 111 cm³/mol. The fourth-order valence-electron chi connectivity index (χ4n) is 4.55. The number of anilines is 1. The zero-order valence-corrected chi connectivity index (χ0v) is 17.6. The van der Waals surface area contributed by atoms with Crippen LogP contribution in [0.5, 0.6) is 0 Å². The number of imide groups is 1. The van der Waals surface area contributed by atoms with Crippen molar-refractivity contribution in [2.75, 3.05) is 25.0 Å². The summed E-state index contributed by atoms with van der Waals surface area (Å²) >= 11 is 0. The molecule has 3 aliphatic rings. The Bertz CT molecular complexity index is 944. The van der Waals surface area contributed by atoms with Crippen LogP contribution in [0.3, 0.4) is 0 Å². The van der Waals surface area contributed by atoms with Crippen LogP contribution in [-0.2, 0) is 14.3 Å². The Hall–Kier alpha value is -2.64. The standard InChI is InChI=1S/C22H30N4O4/c1-21(2,3)30-20(29)25(4)15-9-22(10-15)12-26(13-22)14-5-7-17(23-11-14)16-6-8-18(27)24-19(16)28/h5,7,11,15-16H,6,8-10,12-13H2,1-4H3,(H,24,27,28)/i4D3. The van der Waals surface area contributed by atoms with Crippen molar-refractivity contribution in [1.82, 2.24) is 15.2 Å². The number of nitrogens with one attached hydrogen (secondary N) is 1. The lowest BCUT2D eigenvalue weighted by molar-refractivity contribution is -0.134. The average molecular weight is 418 g/mol. The smallest absolute Gasteiger partial charge is 0.410 e. The van der Waals surface area contributed by atoms with Gasteiger partial charge in [-0.15, -0.1) is 0 Å². The Labute approximate surface area is 181 Å². The fraction of sp³-hybridized carbons (Fsp3) is 0.636. The number of carbonyl (C=O) groups excluding carboxylic acids is 3. The third-order valence-corrected chi connectivity index (χ3v) is 6.08. The van der Waals surface area contributed by atoms with Gasteiger partial charge in [-0.2, -0.15) is 0 Å². The number of piperidine rings is 1. The molecule has 1 saturated carbocycles. The molecule has 162 valence electrons. The molecule has 1 aromatic heterocycles. The van der Waals surface area contributed by atoms with Gasteiger partial charge in [0, 0.05) is 42.1 Å². The average Bonchev–Trinajstić information content (AvgIpc) is 2.60. The molecule has 1 aromatic rings. The van der Waals surface area contributed by atoms with E-state index in [0.717, 1.165) is 23.7 Å². The number of rotatable bonds is 3. The van der Waals surface area contributed by atoms with E-state index in [1.54, 1.807) is 27.0 Å². The van der Waals surface area contributed by atoms with Gasteiger partial charge in [-0.1, -0.05) is 0 Å². The van der Waals surface area contributed by atoms with Crippen molar-refractivity contribution in [3.8, 4) is 0 Å². The molecule has 3 amide bonds. The van der Waals surface area contributed by atoms with Gasteiger partial charge >= 0.3 is 6.09 Å². The highest BCUT2D eigenvalue weighted by Gasteiger charge is 2.54. The highest BCUT2D eigenvalue weighted by molar-refractivity contribution is 6.00. The lowest BCUT2D eigenvalue weighted by Crippen LogP contribution is -2.67. The number of nitrogens with zero attached hydrogens (tertiary/aromatic N) is 3. The summed E-state index contributed by atoms with van der Waals surface area (Å²) in [4.78, 5) is 43.4. The van der Waals surface area contributed by atoms with Gasteiger partial charge < -0.3 is 14.5 Å². The Morgan fingerprint density at radius 3 is 2.63 bits per heavy atom. The van der Waals surface area contributed by atoms with Crippen LogP contribution in [0.25, 0.3) is 0 Å². The molecule has 2 saturated heterocycles. The first-order chi connectivity index (χ1) is 15.3. The molecule has 8 heteroatoms. The Balaban J connectivity index is 1.34. The first kappa shape index (κ1) is 17.1. The lowest BCUT2D eigenvalue weighted by Gasteiger charge is -2.61. The van der Waals surface area contributed by atoms with Crippen LogP contribution in [0.1, 0.15) is 62.2 Å². The molecule has 4 rings (SSSR count). The zero-order chi connectivity index (χ0) is 24.2. The Morgan fingerprint density at radius 1 is 1.33 bits per heavy atom. The van der Waals surface area contributed by atoms with E-state index in [4.69, 9.17) is 8.85 Å². The third kappa shape index (κ3) is 4.00. The van der Waals surface area contributed by atoms with Gasteiger partial charge in [-0.05, 0) is 52.2 Å². The quantitative estimate of drug-likeness (QED) is 0.760. The normalized spacial score (nSPS) is 25.4. The first-order valence-electron chi connectivity index (χ1n) is 11.8. The summed E-state index contributed by atoms with van der Waals surface area (Å²) in [5.41, 5.74) is 0.800. The van der Waals surface area contributed by atoms with Crippen molar-refractivity contribution in [1.29, 1.82) is 0 Å². The molecule has 1 spiro atoms. The number of ether oxygens (including phenoxy) is 1. The number of pyridine rings is 1. The van der Waals surface area contributed by atoms with E-state index in [1.165, 1.54) is 0 Å². The van der Waals surface area contributed by atoms with Gasteiger partial charge in [0.05, 0.1) is 23.5 Å². The zero-order valence-electron chi connectivity index (χ0n) is 20.6. The summed E-state index contributed by atoms with van der Waals surface area (Å²) in [7, 11) is 0. The summed E-state index contributed by atoms with van der Waals surface area (Å²) in [5.74, 6) is -0.967. The molecule has 0 radical (unpaired) electrons. The van der Waals surface area contributed by atoms with Crippen LogP contribution < -0.4 is 10.2 Å². The van der Waals surface area contributed by atoms with E-state index in [0.29, 0.717) is 31.4 Å². The van der Waals surface area contributed by atoms with Crippen LogP contribution >= 0.6 is 0 Å². The van der Waals surface area contributed by atoms with Crippen molar-refractivity contribution < 1.29 is 23.2 Å². The summed E-state index contributed by atoms with van der Waals surface area (Å²) in [6.45, 7) is 4.11. The molecule has 0 bridgehead atoms. The number of aromatic nitrogens is 1. The SMILES string of the molecule is [2H]C([2H])([2H])N(C(=O)OC(C)(C)C)C1CC2(C1)CN(c1ccc(C3CCC(=O)NC3=O)nc1)C2. The van der Waals surface area contributed by atoms with Crippen LogP contribution in [0.2, 0.25) is 0 Å². The summed E-state index contributed by atoms with van der Waals surface area (Å²) < 4.78 is 28.7. The summed E-state index contributed by atoms with van der Waals surface area (Å²) in [6, 6.07) is 3.37. The molecule has 1 atom stereocenters. The predicted octanol–water partition coefficient (Wildman–Crippen LogP) is 2.44. The molecular weight excluding hydrogens is 384 g/mol. The van der Waals surface area contributed by atoms with Crippen LogP contribution in [0, 0.1) is 5.41 Å². The maximum absolute atomic E-state index is 12.5. The minimum Gasteiger partial charge on any atom is -0.444 e. The maximum atomic E-state index is 12.5. The molecule has 30 heavy (non-hydrogen) atoms. The molecule has 8 nitrogen and oxygen atoms in total. The highest BCUT2D eigenvalue weighted by Crippen LogP contribution is 2.51. The molecule has 3 fully saturated rings. The number of carbonyl (C=O) groups is 3. The summed E-state index contributed by atoms with van der Waals surface area (Å²) in [5, 5.41) is 2.35. The Morgan fingerprint density at radius 2 is 2.07 bits per heavy atom. The van der Waals surface area contributed by atoms with Gasteiger partial charge in [0.2, 0.25) is 11.8 Å². The van der Waals surface area contributed by atoms with Crippen LogP contribution in [-0.4, -0.2) is 59.5 Å². The van der Waals surface area contributed by atoms with Crippen molar-refractivity contribution in [3.05, 3.63) is 24.0 Å². The van der Waals surface area contributed by atoms with Crippen molar-refractivity contribution in [2.45, 2.75) is 64.0 Å². The van der Waals surface area contributed by atoms with E-state index in [2.05, 4.69) is 15.2 Å². The monoisotopic (exact) mass is 417 g/mol. The molecular formula is C22H30N4O4. The van der Waals surface area contributed by atoms with E-state index in [1.807, 2.05) is 12.1 Å². The number of hydrogen-bond donors (Lipinski definition) is 1. The van der Waals surface area contributed by atoms with E-state index in [-0.39, 0.29) is 23.3 Å². The topological polar surface area (TPSA) is 91.8 Å². The summed E-state index contributed by atoms with van der Waals surface area (Å²) in [6.07, 6.45) is 2.94. The van der Waals surface area contributed by atoms with Crippen LogP contribution in [0.4, 0.5) is 10.5 Å². The van der Waals surface area contributed by atoms with Gasteiger partial charge in [-0.25, -0.2) is 4.79 Å². The first-order valence-corrected chi connectivity index (χ1v) is 10.3. The number of hydrogen-bond acceptors (Lipinski definition) is 6. The molecule has 1 unspecified atom stereocenters. The van der Waals surface area contributed by atoms with Crippen LogP contribution in [0.15, 0.2) is 18.3 Å². The second-order valence-electron chi connectivity index (χ2n) is 9.71. The lowest BCUT2D eigenvalue weighted by atomic mass is 9.60. The molecule has 1 N–H and O–H groups in total. The minimum atomic E-state index is -2.55. The van der Waals surface area contributed by atoms with Crippen molar-refractivity contribution in [3.63, 3.8) is 0 Å². The number of amides is 3. The van der Waals surface area contributed by atoms with Gasteiger partial charge in [0.15, 0.2) is 0 Å². The second-order valence-corrected chi connectivity index (χ2v) is 9.71. The molecule has 3 heterocycles. The van der Waals surface area contributed by atoms with Crippen molar-refractivity contribution in [2.24, 2.45) is 5.41 Å². The van der Waals surface area contributed by atoms with Crippen molar-refractivity contribution >= 4 is 23.6 Å². The third-order valence-electron chi connectivity index (χ3n) is 6.08. The second kappa shape index (κ2) is 7.25. The van der Waals surface area contributed by atoms with Gasteiger partial charge in [0.25, 0.3) is 0 Å². The fourth-order valence-corrected chi connectivity index (χ4v) is 4.55. The Kier molecular flexibility index (Phi) is 4.13.